The molecule has 0 aliphatic heterocycles. The molecule has 0 aliphatic carbocycles. The van der Waals surface area contributed by atoms with E-state index in [-0.39, 0.29) is 18.1 Å². The molecule has 80 valence electrons. The van der Waals surface area contributed by atoms with Gasteiger partial charge in [-0.05, 0) is 13.0 Å². The first-order chi connectivity index (χ1) is 6.63. The number of ether oxygens (including phenoxy) is 2. The van der Waals surface area contributed by atoms with E-state index in [1.165, 1.54) is 0 Å². The first kappa shape index (κ1) is 13.4. The lowest BCUT2D eigenvalue weighted by Gasteiger charge is -2.07. The summed E-state index contributed by atoms with van der Waals surface area (Å²) in [5, 5.41) is 0. The zero-order valence-electron chi connectivity index (χ0n) is 7.73. The summed E-state index contributed by atoms with van der Waals surface area (Å²) in [6, 6.07) is 0. The van der Waals surface area contributed by atoms with Gasteiger partial charge in [-0.15, -0.1) is 0 Å². The van der Waals surface area contributed by atoms with Gasteiger partial charge >= 0.3 is 11.9 Å². The van der Waals surface area contributed by atoms with E-state index in [0.717, 1.165) is 0 Å². The molecule has 0 N–H and O–H groups in total. The first-order valence-electron chi connectivity index (χ1n) is 3.87. The summed E-state index contributed by atoms with van der Waals surface area (Å²) in [7, 11) is 0. The molecule has 0 unspecified atom stereocenters. The van der Waals surface area contributed by atoms with Crippen LogP contribution in [0.4, 0.5) is 0 Å². The highest BCUT2D eigenvalue weighted by atomic mass is 32.1. The van der Waals surface area contributed by atoms with Crippen LogP contribution in [0, 0.1) is 0 Å². The summed E-state index contributed by atoms with van der Waals surface area (Å²) in [5.74, 6) is -0.674. The number of hydrogen-bond acceptors (Lipinski definition) is 6. The lowest BCUT2D eigenvalue weighted by atomic mass is 10.5. The van der Waals surface area contributed by atoms with Gasteiger partial charge in [-0.3, -0.25) is 9.59 Å². The fourth-order valence-electron chi connectivity index (χ4n) is 0.547. The van der Waals surface area contributed by atoms with Gasteiger partial charge in [0.05, 0.1) is 11.5 Å². The minimum absolute atomic E-state index is 0.00247. The summed E-state index contributed by atoms with van der Waals surface area (Å²) < 4.78 is 9.49. The quantitative estimate of drug-likeness (QED) is 0.422. The van der Waals surface area contributed by atoms with Crippen LogP contribution in [-0.4, -0.2) is 30.1 Å². The van der Waals surface area contributed by atoms with E-state index in [9.17, 15) is 9.59 Å². The molecular weight excluding hydrogens is 224 g/mol. The van der Waals surface area contributed by atoms with Gasteiger partial charge in [0, 0.05) is 0 Å². The van der Waals surface area contributed by atoms with E-state index >= 15 is 0 Å². The topological polar surface area (TPSA) is 52.6 Å². The molecular formula is C8H12O4S2. The molecule has 0 fully saturated rings. The van der Waals surface area contributed by atoms with Gasteiger partial charge < -0.3 is 9.47 Å². The van der Waals surface area contributed by atoms with Crippen LogP contribution in [0.3, 0.4) is 0 Å². The Hall–Kier alpha value is -0.620. The largest absolute Gasteiger partial charge is 0.457 e. The summed E-state index contributed by atoms with van der Waals surface area (Å²) in [5.41, 5.74) is 0. The second-order valence-corrected chi connectivity index (χ2v) is 2.84. The summed E-state index contributed by atoms with van der Waals surface area (Å²) >= 11 is 7.46. The monoisotopic (exact) mass is 236 g/mol. The van der Waals surface area contributed by atoms with E-state index in [0.29, 0.717) is 5.76 Å². The number of esters is 2. The van der Waals surface area contributed by atoms with Gasteiger partial charge in [0.1, 0.15) is 12.4 Å². The Bertz CT molecular complexity index is 237. The van der Waals surface area contributed by atoms with Crippen molar-refractivity contribution in [2.75, 3.05) is 18.1 Å². The summed E-state index contributed by atoms with van der Waals surface area (Å²) in [4.78, 5) is 21.5. The molecule has 0 atom stereocenters. The smallest absolute Gasteiger partial charge is 0.320 e. The summed E-state index contributed by atoms with van der Waals surface area (Å²) in [6.07, 6.45) is 1.55. The van der Waals surface area contributed by atoms with Crippen LogP contribution in [0.25, 0.3) is 0 Å². The van der Waals surface area contributed by atoms with Crippen molar-refractivity contribution in [2.24, 2.45) is 0 Å². The van der Waals surface area contributed by atoms with E-state index in [2.05, 4.69) is 25.3 Å². The van der Waals surface area contributed by atoms with Crippen LogP contribution in [0.1, 0.15) is 6.92 Å². The van der Waals surface area contributed by atoms with Gasteiger partial charge in [0.25, 0.3) is 0 Å². The average molecular weight is 236 g/mol. The highest BCUT2D eigenvalue weighted by molar-refractivity contribution is 7.81. The van der Waals surface area contributed by atoms with Crippen molar-refractivity contribution in [1.82, 2.24) is 0 Å². The van der Waals surface area contributed by atoms with Crippen LogP contribution >= 0.6 is 25.3 Å². The van der Waals surface area contributed by atoms with Crippen molar-refractivity contribution < 1.29 is 19.1 Å². The number of rotatable bonds is 5. The Morgan fingerprint density at radius 3 is 2.21 bits per heavy atom. The maximum atomic E-state index is 10.8. The number of hydrogen-bond donors (Lipinski definition) is 2. The summed E-state index contributed by atoms with van der Waals surface area (Å²) in [6.45, 7) is 1.62. The van der Waals surface area contributed by atoms with Crippen LogP contribution in [0.2, 0.25) is 0 Å². The number of carbonyl (C=O) groups is 2. The van der Waals surface area contributed by atoms with E-state index in [4.69, 9.17) is 9.47 Å². The molecule has 6 heteroatoms. The Morgan fingerprint density at radius 1 is 1.21 bits per heavy atom. The fraction of sp³-hybridized carbons (Fsp3) is 0.500. The van der Waals surface area contributed by atoms with Crippen LogP contribution < -0.4 is 0 Å². The van der Waals surface area contributed by atoms with Gasteiger partial charge in [0.15, 0.2) is 0 Å². The average Bonchev–Trinajstić information content (AvgIpc) is 2.22. The van der Waals surface area contributed by atoms with Crippen molar-refractivity contribution >= 4 is 37.2 Å². The molecule has 0 saturated heterocycles. The molecule has 0 saturated carbocycles. The second kappa shape index (κ2) is 7.75. The molecule has 4 nitrogen and oxygen atoms in total. The molecule has 0 amide bonds. The van der Waals surface area contributed by atoms with Crippen LogP contribution in [-0.2, 0) is 19.1 Å². The van der Waals surface area contributed by atoms with Crippen LogP contribution in [0.15, 0.2) is 11.8 Å². The van der Waals surface area contributed by atoms with Gasteiger partial charge in [-0.25, -0.2) is 0 Å². The molecule has 0 aromatic rings. The molecule has 0 heterocycles. The third-order valence-corrected chi connectivity index (χ3v) is 1.72. The third kappa shape index (κ3) is 5.93. The number of carbonyl (C=O) groups excluding carboxylic acids is 2. The molecule has 14 heavy (non-hydrogen) atoms. The standard InChI is InChI=1S/C8H12O4S2/c1-2-6(12-8(10)5-14)3-11-7(9)4-13/h2,13-14H,3-5H2,1H3. The minimum atomic E-state index is -0.483. The Balaban J connectivity index is 3.93. The zero-order valence-corrected chi connectivity index (χ0v) is 9.51. The Morgan fingerprint density at radius 2 is 1.79 bits per heavy atom. The number of allylic oxidation sites excluding steroid dienone is 1. The zero-order chi connectivity index (χ0) is 11.0. The van der Waals surface area contributed by atoms with E-state index < -0.39 is 11.9 Å². The molecule has 0 radical (unpaired) electrons. The molecule has 0 spiro atoms. The molecule has 0 aliphatic rings. The van der Waals surface area contributed by atoms with Gasteiger partial charge in [-0.1, -0.05) is 0 Å². The van der Waals surface area contributed by atoms with E-state index in [1.807, 2.05) is 0 Å². The first-order valence-corrected chi connectivity index (χ1v) is 5.13. The molecule has 0 aromatic carbocycles. The maximum Gasteiger partial charge on any atom is 0.320 e. The predicted molar refractivity (Wildman–Crippen MR) is 58.5 cm³/mol. The maximum absolute atomic E-state index is 10.8. The minimum Gasteiger partial charge on any atom is -0.457 e. The highest BCUT2D eigenvalue weighted by Gasteiger charge is 2.07. The molecule has 0 rings (SSSR count). The fourth-order valence-corrected chi connectivity index (χ4v) is 0.703. The van der Waals surface area contributed by atoms with Gasteiger partial charge in [-0.2, -0.15) is 25.3 Å². The van der Waals surface area contributed by atoms with Crippen molar-refractivity contribution in [3.05, 3.63) is 11.8 Å². The molecule has 0 aromatic heterocycles. The molecule has 0 bridgehead atoms. The van der Waals surface area contributed by atoms with Crippen molar-refractivity contribution in [2.45, 2.75) is 6.92 Å². The van der Waals surface area contributed by atoms with Crippen molar-refractivity contribution in [1.29, 1.82) is 0 Å². The Labute approximate surface area is 93.5 Å². The predicted octanol–water partition coefficient (Wildman–Crippen LogP) is 0.836. The third-order valence-electron chi connectivity index (χ3n) is 1.20. The lowest BCUT2D eigenvalue weighted by Crippen LogP contribution is -2.13. The Kier molecular flexibility index (Phi) is 7.41. The van der Waals surface area contributed by atoms with Crippen LogP contribution in [0.5, 0.6) is 0 Å². The van der Waals surface area contributed by atoms with Crippen molar-refractivity contribution in [3.63, 3.8) is 0 Å². The normalized spacial score (nSPS) is 10.9. The second-order valence-electron chi connectivity index (χ2n) is 2.21. The van der Waals surface area contributed by atoms with E-state index in [1.54, 1.807) is 13.0 Å². The highest BCUT2D eigenvalue weighted by Crippen LogP contribution is 2.00. The number of thiol groups is 2. The lowest BCUT2D eigenvalue weighted by molar-refractivity contribution is -0.144. The van der Waals surface area contributed by atoms with Gasteiger partial charge in [0.2, 0.25) is 0 Å². The SMILES string of the molecule is CC=C(COC(=O)CS)OC(=O)CS. The van der Waals surface area contributed by atoms with Crippen molar-refractivity contribution in [3.8, 4) is 0 Å².